The van der Waals surface area contributed by atoms with Crippen LogP contribution in [0.4, 0.5) is 8.78 Å². The summed E-state index contributed by atoms with van der Waals surface area (Å²) in [4.78, 5) is 27.6. The molecular formula is C16H16F2N4O2. The zero-order valence-electron chi connectivity index (χ0n) is 12.9. The lowest BCUT2D eigenvalue weighted by atomic mass is 10.1. The van der Waals surface area contributed by atoms with Crippen molar-refractivity contribution >= 4 is 11.8 Å². The van der Waals surface area contributed by atoms with Crippen LogP contribution in [0.3, 0.4) is 0 Å². The third kappa shape index (κ3) is 3.42. The Balaban J connectivity index is 1.58. The molecule has 1 aliphatic rings. The maximum Gasteiger partial charge on any atom is 0.256 e. The molecule has 24 heavy (non-hydrogen) atoms. The minimum Gasteiger partial charge on any atom is -0.338 e. The molecule has 2 aromatic rings. The summed E-state index contributed by atoms with van der Waals surface area (Å²) in [6, 6.07) is 4.63. The summed E-state index contributed by atoms with van der Waals surface area (Å²) in [5.74, 6) is -2.18. The molecule has 0 atom stereocenters. The van der Waals surface area contributed by atoms with E-state index < -0.39 is 17.5 Å². The van der Waals surface area contributed by atoms with Crippen LogP contribution in [-0.4, -0.2) is 57.6 Å². The minimum atomic E-state index is -0.878. The van der Waals surface area contributed by atoms with E-state index in [0.717, 1.165) is 12.1 Å². The number of halogens is 2. The lowest BCUT2D eigenvalue weighted by Gasteiger charge is -2.34. The number of carbonyl (C=O) groups is 2. The first-order valence-electron chi connectivity index (χ1n) is 7.54. The molecule has 0 unspecified atom stereocenters. The Kier molecular flexibility index (Phi) is 4.54. The molecular weight excluding hydrogens is 318 g/mol. The van der Waals surface area contributed by atoms with Gasteiger partial charge in [0.1, 0.15) is 18.2 Å². The monoisotopic (exact) mass is 334 g/mol. The van der Waals surface area contributed by atoms with Crippen molar-refractivity contribution in [2.45, 2.75) is 6.54 Å². The van der Waals surface area contributed by atoms with E-state index in [-0.39, 0.29) is 18.0 Å². The molecule has 0 aliphatic carbocycles. The van der Waals surface area contributed by atoms with Crippen molar-refractivity contribution in [1.29, 1.82) is 0 Å². The predicted octanol–water partition coefficient (Wildman–Crippen LogP) is 1.15. The van der Waals surface area contributed by atoms with Crippen LogP contribution in [0.5, 0.6) is 0 Å². The average Bonchev–Trinajstić information content (AvgIpc) is 3.07. The van der Waals surface area contributed by atoms with Crippen molar-refractivity contribution in [2.24, 2.45) is 0 Å². The second-order valence-corrected chi connectivity index (χ2v) is 5.50. The molecule has 1 aromatic heterocycles. The van der Waals surface area contributed by atoms with Gasteiger partial charge in [-0.25, -0.2) is 8.78 Å². The van der Waals surface area contributed by atoms with E-state index in [4.69, 9.17) is 0 Å². The molecule has 1 aromatic carbocycles. The highest BCUT2D eigenvalue weighted by molar-refractivity contribution is 5.94. The standard InChI is InChI=1S/C16H16F2N4O2/c17-12-2-3-13(14(18)10-12)16(24)21-8-6-20(7-9-21)15(23)11-22-5-1-4-19-22/h1-5,10H,6-9,11H2. The van der Waals surface area contributed by atoms with Crippen LogP contribution in [0, 0.1) is 11.6 Å². The fourth-order valence-corrected chi connectivity index (χ4v) is 2.62. The van der Waals surface area contributed by atoms with Crippen LogP contribution >= 0.6 is 0 Å². The largest absolute Gasteiger partial charge is 0.338 e. The van der Waals surface area contributed by atoms with Gasteiger partial charge in [-0.3, -0.25) is 14.3 Å². The van der Waals surface area contributed by atoms with Crippen LogP contribution in [0.2, 0.25) is 0 Å². The number of aromatic nitrogens is 2. The van der Waals surface area contributed by atoms with Crippen LogP contribution in [-0.2, 0) is 11.3 Å². The fourth-order valence-electron chi connectivity index (χ4n) is 2.62. The lowest BCUT2D eigenvalue weighted by Crippen LogP contribution is -2.51. The van der Waals surface area contributed by atoms with Gasteiger partial charge in [-0.1, -0.05) is 0 Å². The van der Waals surface area contributed by atoms with Crippen LogP contribution in [0.1, 0.15) is 10.4 Å². The predicted molar refractivity (Wildman–Crippen MR) is 81.1 cm³/mol. The molecule has 2 amide bonds. The number of piperazine rings is 1. The van der Waals surface area contributed by atoms with Crippen molar-refractivity contribution in [2.75, 3.05) is 26.2 Å². The molecule has 1 aliphatic heterocycles. The van der Waals surface area contributed by atoms with Crippen LogP contribution in [0.15, 0.2) is 36.7 Å². The van der Waals surface area contributed by atoms with Gasteiger partial charge in [0.2, 0.25) is 5.91 Å². The Hall–Kier alpha value is -2.77. The van der Waals surface area contributed by atoms with Gasteiger partial charge in [0.15, 0.2) is 0 Å². The fraction of sp³-hybridized carbons (Fsp3) is 0.312. The van der Waals surface area contributed by atoms with Crippen molar-refractivity contribution in [3.8, 4) is 0 Å². The molecule has 3 rings (SSSR count). The molecule has 0 bridgehead atoms. The Morgan fingerprint density at radius 1 is 1.08 bits per heavy atom. The highest BCUT2D eigenvalue weighted by Crippen LogP contribution is 2.14. The Morgan fingerprint density at radius 3 is 2.42 bits per heavy atom. The second-order valence-electron chi connectivity index (χ2n) is 5.50. The summed E-state index contributed by atoms with van der Waals surface area (Å²) in [6.45, 7) is 1.50. The Bertz CT molecular complexity index is 741. The first kappa shape index (κ1) is 16.1. The summed E-state index contributed by atoms with van der Waals surface area (Å²) < 4.78 is 28.2. The van der Waals surface area contributed by atoms with E-state index in [9.17, 15) is 18.4 Å². The van der Waals surface area contributed by atoms with E-state index >= 15 is 0 Å². The van der Waals surface area contributed by atoms with E-state index in [2.05, 4.69) is 5.10 Å². The van der Waals surface area contributed by atoms with Gasteiger partial charge in [-0.05, 0) is 18.2 Å². The van der Waals surface area contributed by atoms with Gasteiger partial charge in [-0.15, -0.1) is 0 Å². The summed E-state index contributed by atoms with van der Waals surface area (Å²) in [6.07, 6.45) is 3.30. The third-order valence-corrected chi connectivity index (χ3v) is 3.94. The first-order valence-corrected chi connectivity index (χ1v) is 7.54. The molecule has 1 fully saturated rings. The lowest BCUT2D eigenvalue weighted by molar-refractivity contribution is -0.133. The smallest absolute Gasteiger partial charge is 0.256 e. The van der Waals surface area contributed by atoms with Gasteiger partial charge in [-0.2, -0.15) is 5.10 Å². The second kappa shape index (κ2) is 6.77. The zero-order valence-corrected chi connectivity index (χ0v) is 12.9. The van der Waals surface area contributed by atoms with E-state index in [1.807, 2.05) is 0 Å². The molecule has 8 heteroatoms. The van der Waals surface area contributed by atoms with E-state index in [1.54, 1.807) is 23.4 Å². The number of benzene rings is 1. The summed E-state index contributed by atoms with van der Waals surface area (Å²) in [5.41, 5.74) is -0.160. The number of hydrogen-bond acceptors (Lipinski definition) is 3. The number of hydrogen-bond donors (Lipinski definition) is 0. The number of amides is 2. The third-order valence-electron chi connectivity index (χ3n) is 3.94. The average molecular weight is 334 g/mol. The first-order chi connectivity index (χ1) is 11.5. The number of carbonyl (C=O) groups excluding carboxylic acids is 2. The Labute approximate surface area is 137 Å². The maximum atomic E-state index is 13.7. The molecule has 0 spiro atoms. The molecule has 6 nitrogen and oxygen atoms in total. The highest BCUT2D eigenvalue weighted by atomic mass is 19.1. The molecule has 1 saturated heterocycles. The maximum absolute atomic E-state index is 13.7. The highest BCUT2D eigenvalue weighted by Gasteiger charge is 2.26. The van der Waals surface area contributed by atoms with Crippen molar-refractivity contribution in [3.05, 3.63) is 53.9 Å². The van der Waals surface area contributed by atoms with Crippen molar-refractivity contribution in [3.63, 3.8) is 0 Å². The molecule has 126 valence electrons. The van der Waals surface area contributed by atoms with Gasteiger partial charge in [0.05, 0.1) is 5.56 Å². The van der Waals surface area contributed by atoms with Crippen LogP contribution < -0.4 is 0 Å². The van der Waals surface area contributed by atoms with Crippen molar-refractivity contribution < 1.29 is 18.4 Å². The topological polar surface area (TPSA) is 58.4 Å². The van der Waals surface area contributed by atoms with E-state index in [1.165, 1.54) is 9.58 Å². The molecule has 0 N–H and O–H groups in total. The zero-order chi connectivity index (χ0) is 17.1. The normalized spacial score (nSPS) is 14.8. The Morgan fingerprint density at radius 2 is 1.79 bits per heavy atom. The molecule has 2 heterocycles. The van der Waals surface area contributed by atoms with Crippen molar-refractivity contribution in [1.82, 2.24) is 19.6 Å². The molecule has 0 radical (unpaired) electrons. The van der Waals surface area contributed by atoms with Gasteiger partial charge in [0, 0.05) is 44.6 Å². The molecule has 0 saturated carbocycles. The quantitative estimate of drug-likeness (QED) is 0.846. The van der Waals surface area contributed by atoms with E-state index in [0.29, 0.717) is 32.2 Å². The van der Waals surface area contributed by atoms with Gasteiger partial charge >= 0.3 is 0 Å². The SMILES string of the molecule is O=C(Cn1cccn1)N1CCN(C(=O)c2ccc(F)cc2F)CC1. The minimum absolute atomic E-state index is 0.0845. The number of rotatable bonds is 3. The summed E-state index contributed by atoms with van der Waals surface area (Å²) in [5, 5.41) is 3.98. The number of nitrogens with zero attached hydrogens (tertiary/aromatic N) is 4. The summed E-state index contributed by atoms with van der Waals surface area (Å²) in [7, 11) is 0. The summed E-state index contributed by atoms with van der Waals surface area (Å²) >= 11 is 0. The van der Waals surface area contributed by atoms with Gasteiger partial charge < -0.3 is 9.80 Å². The van der Waals surface area contributed by atoms with Crippen LogP contribution in [0.25, 0.3) is 0 Å². The van der Waals surface area contributed by atoms with Gasteiger partial charge in [0.25, 0.3) is 5.91 Å².